The second-order valence-electron chi connectivity index (χ2n) is 6.31. The third-order valence-corrected chi connectivity index (χ3v) is 4.30. The molecule has 0 aliphatic carbocycles. The van der Waals surface area contributed by atoms with Gasteiger partial charge in [0.1, 0.15) is 5.82 Å². The molecular weight excluding hydrogens is 354 g/mol. The molecule has 1 aliphatic rings. The van der Waals surface area contributed by atoms with Gasteiger partial charge >= 0.3 is 0 Å². The molecule has 2 heterocycles. The van der Waals surface area contributed by atoms with Crippen molar-refractivity contribution in [1.82, 2.24) is 4.98 Å². The van der Waals surface area contributed by atoms with Crippen molar-refractivity contribution in [2.24, 2.45) is 10.7 Å². The van der Waals surface area contributed by atoms with Gasteiger partial charge in [-0.1, -0.05) is 30.3 Å². The second-order valence-corrected chi connectivity index (χ2v) is 6.31. The summed E-state index contributed by atoms with van der Waals surface area (Å²) in [6, 6.07) is 17.0. The normalized spacial score (nSPS) is 11.9. The fourth-order valence-corrected chi connectivity index (χ4v) is 2.94. The van der Waals surface area contributed by atoms with Gasteiger partial charge in [-0.15, -0.1) is 0 Å². The molecule has 0 unspecified atom stereocenters. The number of pyridine rings is 1. The molecule has 7 heteroatoms. The summed E-state index contributed by atoms with van der Waals surface area (Å²) in [5.41, 5.74) is 8.21. The molecule has 0 radical (unpaired) electrons. The molecule has 3 aromatic rings. The van der Waals surface area contributed by atoms with Crippen molar-refractivity contribution < 1.29 is 9.59 Å². The lowest BCUT2D eigenvalue weighted by molar-refractivity contribution is -0.112. The molecule has 4 rings (SSSR count). The van der Waals surface area contributed by atoms with Crippen molar-refractivity contribution in [2.75, 3.05) is 10.6 Å². The third kappa shape index (κ3) is 3.73. The van der Waals surface area contributed by atoms with Crippen molar-refractivity contribution >= 4 is 35.1 Å². The summed E-state index contributed by atoms with van der Waals surface area (Å²) in [4.78, 5) is 31.3. The number of hydrogen-bond donors (Lipinski definition) is 3. The van der Waals surface area contributed by atoms with Crippen LogP contribution in [0.3, 0.4) is 0 Å². The summed E-state index contributed by atoms with van der Waals surface area (Å²) in [6.45, 7) is 0.544. The van der Waals surface area contributed by atoms with Gasteiger partial charge in [0.2, 0.25) is 0 Å². The Kier molecular flexibility index (Phi) is 4.55. The average Bonchev–Trinajstić information content (AvgIpc) is 3.06. The number of anilines is 3. The van der Waals surface area contributed by atoms with E-state index in [1.54, 1.807) is 12.1 Å². The van der Waals surface area contributed by atoms with Gasteiger partial charge < -0.3 is 16.4 Å². The Bertz CT molecular complexity index is 1190. The lowest BCUT2D eigenvalue weighted by Gasteiger charge is -2.13. The zero-order chi connectivity index (χ0) is 19.5. The number of fused-ring (bicyclic) bond motifs is 1. The highest BCUT2D eigenvalue weighted by molar-refractivity contribution is 6.06. The van der Waals surface area contributed by atoms with Gasteiger partial charge in [0, 0.05) is 35.8 Å². The molecule has 0 spiro atoms. The summed E-state index contributed by atoms with van der Waals surface area (Å²) in [6.07, 6.45) is 2.92. The third-order valence-electron chi connectivity index (χ3n) is 4.30. The van der Waals surface area contributed by atoms with Gasteiger partial charge in [-0.2, -0.15) is 0 Å². The topological polar surface area (TPSA) is 109 Å². The van der Waals surface area contributed by atoms with E-state index >= 15 is 0 Å². The summed E-state index contributed by atoms with van der Waals surface area (Å²) >= 11 is 0. The first-order valence-corrected chi connectivity index (χ1v) is 8.68. The molecule has 7 nitrogen and oxygen atoms in total. The van der Waals surface area contributed by atoms with Crippen LogP contribution in [0.2, 0.25) is 0 Å². The number of nitrogens with two attached hydrogens (primary N) is 1. The number of carbonyl (C=O) groups excluding carboxylic acids is 2. The average molecular weight is 371 g/mol. The highest BCUT2D eigenvalue weighted by Crippen LogP contribution is 2.21. The standard InChI is InChI=1S/C21H17N5O2/c22-21(28)16-12-24-19(10-18(16)23-11-13-4-2-1-3-5-13)25-15-6-7-17-14(8-15)9-20(27)26-17/h1-10,12H,11H2,(H2,22,28)(H2,23,24,25). The van der Waals surface area contributed by atoms with Crippen LogP contribution in [0.25, 0.3) is 6.08 Å². The van der Waals surface area contributed by atoms with Crippen LogP contribution in [0.4, 0.5) is 17.2 Å². The Morgan fingerprint density at radius 2 is 1.89 bits per heavy atom. The van der Waals surface area contributed by atoms with E-state index in [0.717, 1.165) is 16.5 Å². The van der Waals surface area contributed by atoms with E-state index in [-0.39, 0.29) is 5.91 Å². The lowest BCUT2D eigenvalue weighted by atomic mass is 10.2. The minimum atomic E-state index is -0.554. The van der Waals surface area contributed by atoms with Gasteiger partial charge in [0.05, 0.1) is 16.6 Å². The van der Waals surface area contributed by atoms with Crippen molar-refractivity contribution in [3.05, 3.63) is 82.5 Å². The van der Waals surface area contributed by atoms with Crippen molar-refractivity contribution in [2.45, 2.75) is 6.54 Å². The highest BCUT2D eigenvalue weighted by Gasteiger charge is 2.11. The number of amides is 2. The molecule has 0 bridgehead atoms. The molecule has 2 amide bonds. The van der Waals surface area contributed by atoms with E-state index in [2.05, 4.69) is 20.6 Å². The van der Waals surface area contributed by atoms with E-state index in [9.17, 15) is 9.59 Å². The molecule has 28 heavy (non-hydrogen) atoms. The van der Waals surface area contributed by atoms with E-state index in [1.807, 2.05) is 42.5 Å². The first-order valence-electron chi connectivity index (χ1n) is 8.68. The van der Waals surface area contributed by atoms with Crippen LogP contribution in [-0.4, -0.2) is 16.8 Å². The molecule has 1 aromatic heterocycles. The molecule has 2 aromatic carbocycles. The van der Waals surface area contributed by atoms with Crippen LogP contribution >= 0.6 is 0 Å². The number of hydrogen-bond acceptors (Lipinski definition) is 5. The fourth-order valence-electron chi connectivity index (χ4n) is 2.94. The van der Waals surface area contributed by atoms with Gasteiger partial charge in [0.15, 0.2) is 0 Å². The zero-order valence-corrected chi connectivity index (χ0v) is 14.8. The molecule has 0 fully saturated rings. The predicted octanol–water partition coefficient (Wildman–Crippen LogP) is 1.48. The zero-order valence-electron chi connectivity index (χ0n) is 14.8. The lowest BCUT2D eigenvalue weighted by Crippen LogP contribution is -2.21. The van der Waals surface area contributed by atoms with Crippen LogP contribution in [0.15, 0.2) is 65.8 Å². The quantitative estimate of drug-likeness (QED) is 0.608. The van der Waals surface area contributed by atoms with Crippen molar-refractivity contribution in [3.63, 3.8) is 0 Å². The molecule has 1 aliphatic heterocycles. The minimum Gasteiger partial charge on any atom is -0.380 e. The number of rotatable bonds is 6. The number of aromatic nitrogens is 1. The first-order chi connectivity index (χ1) is 13.6. The molecule has 138 valence electrons. The Balaban J connectivity index is 1.59. The smallest absolute Gasteiger partial charge is 0.270 e. The Morgan fingerprint density at radius 1 is 1.07 bits per heavy atom. The van der Waals surface area contributed by atoms with E-state index in [1.165, 1.54) is 12.3 Å². The van der Waals surface area contributed by atoms with Crippen molar-refractivity contribution in [1.29, 1.82) is 0 Å². The number of primary amides is 1. The minimum absolute atomic E-state index is 0.261. The number of carbonyl (C=O) groups is 2. The van der Waals surface area contributed by atoms with Gasteiger partial charge in [0.25, 0.3) is 11.8 Å². The second kappa shape index (κ2) is 7.32. The number of nitrogens with one attached hydrogen (secondary N) is 2. The van der Waals surface area contributed by atoms with Gasteiger partial charge in [-0.05, 0) is 23.8 Å². The molecule has 0 saturated carbocycles. The maximum atomic E-state index is 11.7. The Morgan fingerprint density at radius 3 is 2.68 bits per heavy atom. The van der Waals surface area contributed by atoms with Gasteiger partial charge in [-0.3, -0.25) is 9.59 Å². The van der Waals surface area contributed by atoms with Gasteiger partial charge in [-0.25, -0.2) is 9.98 Å². The van der Waals surface area contributed by atoms with E-state index < -0.39 is 5.91 Å². The summed E-state index contributed by atoms with van der Waals surface area (Å²) in [5.74, 6) is -0.271. The van der Waals surface area contributed by atoms with Crippen LogP contribution in [-0.2, 0) is 11.3 Å². The summed E-state index contributed by atoms with van der Waals surface area (Å²) in [7, 11) is 0. The SMILES string of the molecule is NC(=O)c1cnc(Nc2ccc3c(c2)=CC(=O)N=3)cc1NCc1ccccc1. The largest absolute Gasteiger partial charge is 0.380 e. The molecular formula is C21H17N5O2. The first kappa shape index (κ1) is 17.4. The maximum absolute atomic E-state index is 11.7. The predicted molar refractivity (Wildman–Crippen MR) is 107 cm³/mol. The summed E-state index contributed by atoms with van der Waals surface area (Å²) in [5, 5.41) is 7.82. The van der Waals surface area contributed by atoms with E-state index in [4.69, 9.17) is 5.73 Å². The molecule has 4 N–H and O–H groups in total. The fraction of sp³-hybridized carbons (Fsp3) is 0.0476. The Hall–Kier alpha value is -4.00. The van der Waals surface area contributed by atoms with E-state index in [0.29, 0.717) is 29.0 Å². The van der Waals surface area contributed by atoms with Crippen LogP contribution < -0.4 is 26.9 Å². The Labute approximate surface area is 160 Å². The van der Waals surface area contributed by atoms with Crippen LogP contribution in [0.5, 0.6) is 0 Å². The summed E-state index contributed by atoms with van der Waals surface area (Å²) < 4.78 is 0. The number of benzene rings is 2. The van der Waals surface area contributed by atoms with Crippen LogP contribution in [0.1, 0.15) is 15.9 Å². The molecule has 0 saturated heterocycles. The molecule has 0 atom stereocenters. The highest BCUT2D eigenvalue weighted by atomic mass is 16.1. The van der Waals surface area contributed by atoms with Crippen molar-refractivity contribution in [3.8, 4) is 0 Å². The number of nitrogens with zero attached hydrogens (tertiary/aromatic N) is 2. The van der Waals surface area contributed by atoms with Crippen LogP contribution in [0, 0.1) is 0 Å². The monoisotopic (exact) mass is 371 g/mol. The maximum Gasteiger partial charge on any atom is 0.270 e.